The summed E-state index contributed by atoms with van der Waals surface area (Å²) in [5.41, 5.74) is 2.48. The molecule has 0 aliphatic carbocycles. The summed E-state index contributed by atoms with van der Waals surface area (Å²) in [5.74, 6) is 6.36. The van der Waals surface area contributed by atoms with Gasteiger partial charge in [-0.05, 0) is 25.5 Å². The van der Waals surface area contributed by atoms with Gasteiger partial charge in [-0.15, -0.1) is 0 Å². The zero-order valence-corrected chi connectivity index (χ0v) is 8.92. The first-order chi connectivity index (χ1) is 7.27. The first kappa shape index (κ1) is 11.6. The minimum Gasteiger partial charge on any atom is -0.357 e. The Kier molecular flexibility index (Phi) is 4.70. The number of likely N-dealkylation sites (tertiary alicyclic amines) is 1. The van der Waals surface area contributed by atoms with E-state index in [4.69, 9.17) is 11.3 Å². The van der Waals surface area contributed by atoms with Crippen molar-refractivity contribution in [1.82, 2.24) is 15.6 Å². The Balaban J connectivity index is 2.53. The minimum atomic E-state index is 0.483. The van der Waals surface area contributed by atoms with E-state index < -0.39 is 0 Å². The van der Waals surface area contributed by atoms with E-state index >= 15 is 0 Å². The van der Waals surface area contributed by atoms with Crippen LogP contribution in [0.3, 0.4) is 0 Å². The van der Waals surface area contributed by atoms with E-state index in [0.29, 0.717) is 11.7 Å². The van der Waals surface area contributed by atoms with Crippen LogP contribution in [0.4, 0.5) is 0 Å². The maximum absolute atomic E-state index is 7.87. The SMILES string of the molecule is C=CNC(=CC(=N)N1CCCCC1)NN. The van der Waals surface area contributed by atoms with Crippen molar-refractivity contribution in [2.24, 2.45) is 5.84 Å². The summed E-state index contributed by atoms with van der Waals surface area (Å²) in [4.78, 5) is 2.05. The second-order valence-corrected chi connectivity index (χ2v) is 3.48. The van der Waals surface area contributed by atoms with Crippen LogP contribution in [0.25, 0.3) is 0 Å². The lowest BCUT2D eigenvalue weighted by molar-refractivity contribution is 0.342. The lowest BCUT2D eigenvalue weighted by atomic mass is 10.1. The molecular weight excluding hydrogens is 190 g/mol. The molecule has 5 heteroatoms. The van der Waals surface area contributed by atoms with Gasteiger partial charge < -0.3 is 15.6 Å². The molecule has 5 N–H and O–H groups in total. The van der Waals surface area contributed by atoms with Gasteiger partial charge in [0.05, 0.1) is 0 Å². The van der Waals surface area contributed by atoms with Crippen molar-refractivity contribution in [2.75, 3.05) is 13.1 Å². The van der Waals surface area contributed by atoms with Crippen LogP contribution in [0.1, 0.15) is 19.3 Å². The predicted molar refractivity (Wildman–Crippen MR) is 61.9 cm³/mol. The van der Waals surface area contributed by atoms with E-state index in [-0.39, 0.29) is 0 Å². The lowest BCUT2D eigenvalue weighted by Crippen LogP contribution is -2.36. The van der Waals surface area contributed by atoms with Crippen molar-refractivity contribution in [3.63, 3.8) is 0 Å². The highest BCUT2D eigenvalue weighted by atomic mass is 15.3. The Morgan fingerprint density at radius 3 is 2.53 bits per heavy atom. The topological polar surface area (TPSA) is 77.2 Å². The van der Waals surface area contributed by atoms with Gasteiger partial charge in [0.25, 0.3) is 0 Å². The van der Waals surface area contributed by atoms with Crippen LogP contribution in [-0.4, -0.2) is 23.8 Å². The molecule has 1 heterocycles. The zero-order valence-electron chi connectivity index (χ0n) is 8.92. The highest BCUT2D eigenvalue weighted by Gasteiger charge is 2.11. The van der Waals surface area contributed by atoms with Gasteiger partial charge in [0, 0.05) is 19.2 Å². The summed E-state index contributed by atoms with van der Waals surface area (Å²) < 4.78 is 0. The van der Waals surface area contributed by atoms with Gasteiger partial charge in [-0.1, -0.05) is 6.58 Å². The fraction of sp³-hybridized carbons (Fsp3) is 0.500. The Bertz CT molecular complexity index is 253. The Labute approximate surface area is 90.5 Å². The van der Waals surface area contributed by atoms with E-state index in [1.165, 1.54) is 12.6 Å². The fourth-order valence-corrected chi connectivity index (χ4v) is 1.60. The Morgan fingerprint density at radius 1 is 1.33 bits per heavy atom. The molecule has 1 fully saturated rings. The van der Waals surface area contributed by atoms with Gasteiger partial charge in [-0.3, -0.25) is 5.41 Å². The molecule has 1 rings (SSSR count). The number of hydrogen-bond donors (Lipinski definition) is 4. The van der Waals surface area contributed by atoms with Crippen LogP contribution in [0, 0.1) is 5.41 Å². The number of nitrogens with zero attached hydrogens (tertiary/aromatic N) is 1. The predicted octanol–water partition coefficient (Wildman–Crippen LogP) is 0.487. The molecule has 0 unspecified atom stereocenters. The molecule has 84 valence electrons. The molecule has 1 aliphatic rings. The first-order valence-corrected chi connectivity index (χ1v) is 5.17. The number of nitrogens with two attached hydrogens (primary N) is 1. The second-order valence-electron chi connectivity index (χ2n) is 3.48. The van der Waals surface area contributed by atoms with Gasteiger partial charge in [-0.2, -0.15) is 0 Å². The van der Waals surface area contributed by atoms with Gasteiger partial charge in [0.1, 0.15) is 11.7 Å². The van der Waals surface area contributed by atoms with E-state index in [1.54, 1.807) is 6.08 Å². The summed E-state index contributed by atoms with van der Waals surface area (Å²) in [5, 5.41) is 10.7. The maximum Gasteiger partial charge on any atom is 0.124 e. The third kappa shape index (κ3) is 3.63. The maximum atomic E-state index is 7.87. The van der Waals surface area contributed by atoms with E-state index in [0.717, 1.165) is 25.9 Å². The second kappa shape index (κ2) is 6.08. The average Bonchev–Trinajstić information content (AvgIpc) is 2.29. The Morgan fingerprint density at radius 2 is 2.00 bits per heavy atom. The molecule has 0 amide bonds. The average molecular weight is 209 g/mol. The van der Waals surface area contributed by atoms with Crippen LogP contribution in [0.2, 0.25) is 0 Å². The third-order valence-corrected chi connectivity index (χ3v) is 2.39. The zero-order chi connectivity index (χ0) is 11.1. The lowest BCUT2D eigenvalue weighted by Gasteiger charge is -2.27. The number of nitrogens with one attached hydrogen (secondary N) is 3. The smallest absolute Gasteiger partial charge is 0.124 e. The summed E-state index contributed by atoms with van der Waals surface area (Å²) in [6, 6.07) is 0. The van der Waals surface area contributed by atoms with Crippen LogP contribution in [0.15, 0.2) is 24.7 Å². The number of hydrazine groups is 1. The van der Waals surface area contributed by atoms with Gasteiger partial charge in [0.15, 0.2) is 0 Å². The normalized spacial score (nSPS) is 17.1. The van der Waals surface area contributed by atoms with Crippen LogP contribution in [0.5, 0.6) is 0 Å². The molecule has 0 spiro atoms. The number of hydrogen-bond acceptors (Lipinski definition) is 4. The van der Waals surface area contributed by atoms with E-state index in [9.17, 15) is 0 Å². The molecule has 0 aromatic carbocycles. The van der Waals surface area contributed by atoms with Crippen molar-refractivity contribution < 1.29 is 0 Å². The van der Waals surface area contributed by atoms with Crippen LogP contribution in [-0.2, 0) is 0 Å². The quantitative estimate of drug-likeness (QED) is 0.235. The largest absolute Gasteiger partial charge is 0.357 e. The summed E-state index contributed by atoms with van der Waals surface area (Å²) in [6.45, 7) is 5.46. The molecule has 0 atom stereocenters. The monoisotopic (exact) mass is 209 g/mol. The molecular formula is C10H19N5. The summed E-state index contributed by atoms with van der Waals surface area (Å²) in [6.07, 6.45) is 6.79. The van der Waals surface area contributed by atoms with Crippen LogP contribution >= 0.6 is 0 Å². The van der Waals surface area contributed by atoms with Crippen LogP contribution < -0.4 is 16.6 Å². The van der Waals surface area contributed by atoms with Crippen molar-refractivity contribution in [3.05, 3.63) is 24.7 Å². The van der Waals surface area contributed by atoms with Crippen molar-refractivity contribution in [3.8, 4) is 0 Å². The molecule has 0 aromatic rings. The molecule has 1 saturated heterocycles. The molecule has 0 saturated carbocycles. The fourth-order valence-electron chi connectivity index (χ4n) is 1.60. The highest BCUT2D eigenvalue weighted by Crippen LogP contribution is 2.09. The molecule has 5 nitrogen and oxygen atoms in total. The molecule has 1 aliphatic heterocycles. The summed E-state index contributed by atoms with van der Waals surface area (Å²) >= 11 is 0. The van der Waals surface area contributed by atoms with Gasteiger partial charge in [0.2, 0.25) is 0 Å². The highest BCUT2D eigenvalue weighted by molar-refractivity contribution is 5.90. The molecule has 0 aromatic heterocycles. The van der Waals surface area contributed by atoms with Crippen molar-refractivity contribution in [2.45, 2.75) is 19.3 Å². The standard InChI is InChI=1S/C10H19N5/c1-2-13-10(14-12)8-9(11)15-6-4-3-5-7-15/h2,8,11,13-14H,1,3-7,12H2. The third-order valence-electron chi connectivity index (χ3n) is 2.39. The van der Waals surface area contributed by atoms with E-state index in [2.05, 4.69) is 17.3 Å². The minimum absolute atomic E-state index is 0.483. The van der Waals surface area contributed by atoms with Gasteiger partial charge >= 0.3 is 0 Å². The molecule has 0 radical (unpaired) electrons. The number of amidine groups is 1. The van der Waals surface area contributed by atoms with Gasteiger partial charge in [-0.25, -0.2) is 5.84 Å². The summed E-state index contributed by atoms with van der Waals surface area (Å²) in [7, 11) is 0. The Hall–Kier alpha value is -1.49. The number of piperidine rings is 1. The molecule has 15 heavy (non-hydrogen) atoms. The first-order valence-electron chi connectivity index (χ1n) is 5.17. The van der Waals surface area contributed by atoms with Crippen molar-refractivity contribution >= 4 is 5.84 Å². The van der Waals surface area contributed by atoms with E-state index in [1.807, 2.05) is 4.90 Å². The van der Waals surface area contributed by atoms with Crippen molar-refractivity contribution in [1.29, 1.82) is 5.41 Å². The molecule has 0 bridgehead atoms. The number of rotatable bonds is 4.